The number of fused-ring (bicyclic) bond motifs is 1. The third kappa shape index (κ3) is 9.05. The van der Waals surface area contributed by atoms with E-state index >= 15 is 0 Å². The molecule has 1 aliphatic rings. The number of nitrogens with zero attached hydrogens (tertiary/aromatic N) is 1. The first-order valence-corrected chi connectivity index (χ1v) is 16.1. The lowest BCUT2D eigenvalue weighted by atomic mass is 9.84. The molecule has 1 aliphatic heterocycles. The quantitative estimate of drug-likeness (QED) is 0.225. The highest BCUT2D eigenvalue weighted by molar-refractivity contribution is 5.98. The number of hydrogen-bond donors (Lipinski definition) is 3. The second-order valence-electron chi connectivity index (χ2n) is 11.7. The summed E-state index contributed by atoms with van der Waals surface area (Å²) in [6.07, 6.45) is 7.95. The minimum atomic E-state index is -0.966. The number of amides is 1. The van der Waals surface area contributed by atoms with Crippen LogP contribution in [0.5, 0.6) is 28.7 Å². The summed E-state index contributed by atoms with van der Waals surface area (Å²) in [5.41, 5.74) is 1.35. The van der Waals surface area contributed by atoms with E-state index in [9.17, 15) is 24.6 Å². The van der Waals surface area contributed by atoms with Crippen molar-refractivity contribution in [2.45, 2.75) is 70.3 Å². The monoisotopic (exact) mass is 660 g/mol. The molecule has 0 saturated carbocycles. The average molecular weight is 661 g/mol. The number of benzene rings is 2. The Morgan fingerprint density at radius 2 is 1.77 bits per heavy atom. The van der Waals surface area contributed by atoms with Crippen molar-refractivity contribution in [2.24, 2.45) is 0 Å². The number of hydrogen-bond acceptors (Lipinski definition) is 10. The fraction of sp³-hybridized carbons (Fsp3) is 0.405. The fourth-order valence-electron chi connectivity index (χ4n) is 5.84. The number of aromatic hydroxyl groups is 2. The molecule has 1 unspecified atom stereocenters. The molecule has 4 rings (SSSR count). The van der Waals surface area contributed by atoms with Crippen molar-refractivity contribution in [1.29, 1.82) is 0 Å². The van der Waals surface area contributed by atoms with Gasteiger partial charge in [0, 0.05) is 55.6 Å². The van der Waals surface area contributed by atoms with Gasteiger partial charge >= 0.3 is 5.97 Å². The maximum absolute atomic E-state index is 13.7. The van der Waals surface area contributed by atoms with Crippen molar-refractivity contribution >= 4 is 23.7 Å². The highest BCUT2D eigenvalue weighted by Crippen LogP contribution is 2.47. The smallest absolute Gasteiger partial charge is 0.342 e. The number of cyclic esters (lactones) is 1. The molecule has 0 saturated heterocycles. The lowest BCUT2D eigenvalue weighted by Gasteiger charge is -2.24. The third-order valence-electron chi connectivity index (χ3n) is 8.31. The van der Waals surface area contributed by atoms with E-state index in [1.165, 1.54) is 27.4 Å². The minimum absolute atomic E-state index is 0.0346. The SMILES string of the molecule is COc1cc(C(CC(=O)NCCc2ccccn2)c2c(O)cc3c(c2O)C(=O)O[C@@H](C)CCCC(=O)CCC/C=C/3)cc(OC)c1OC. The number of carbonyl (C=O) groups excluding carboxylic acids is 3. The lowest BCUT2D eigenvalue weighted by molar-refractivity contribution is -0.121. The van der Waals surface area contributed by atoms with Crippen molar-refractivity contribution < 1.29 is 43.5 Å². The number of methoxy groups -OCH3 is 3. The summed E-state index contributed by atoms with van der Waals surface area (Å²) >= 11 is 0. The highest BCUT2D eigenvalue weighted by atomic mass is 16.5. The molecule has 1 amide bonds. The van der Waals surface area contributed by atoms with Crippen LogP contribution in [0.4, 0.5) is 0 Å². The number of phenolic OH excluding ortho intramolecular Hbond substituents is 2. The van der Waals surface area contributed by atoms with Crippen molar-refractivity contribution in [1.82, 2.24) is 10.3 Å². The van der Waals surface area contributed by atoms with E-state index in [1.54, 1.807) is 37.4 Å². The van der Waals surface area contributed by atoms with Crippen LogP contribution in [0.3, 0.4) is 0 Å². The van der Waals surface area contributed by atoms with Crippen LogP contribution in [-0.4, -0.2) is 66.8 Å². The van der Waals surface area contributed by atoms with Gasteiger partial charge in [0.1, 0.15) is 22.8 Å². The normalized spacial score (nSPS) is 16.9. The van der Waals surface area contributed by atoms with Crippen molar-refractivity contribution in [3.05, 3.63) is 76.6 Å². The Bertz CT molecular complexity index is 1600. The maximum Gasteiger partial charge on any atom is 0.342 e. The van der Waals surface area contributed by atoms with E-state index < -0.39 is 23.7 Å². The summed E-state index contributed by atoms with van der Waals surface area (Å²) in [4.78, 5) is 43.6. The molecule has 11 nitrogen and oxygen atoms in total. The molecule has 1 aromatic heterocycles. The van der Waals surface area contributed by atoms with Gasteiger partial charge in [0.05, 0.1) is 27.4 Å². The predicted molar refractivity (Wildman–Crippen MR) is 180 cm³/mol. The Kier molecular flexibility index (Phi) is 12.8. The molecule has 0 aliphatic carbocycles. The van der Waals surface area contributed by atoms with Crippen LogP contribution >= 0.6 is 0 Å². The minimum Gasteiger partial charge on any atom is -0.507 e. The second-order valence-corrected chi connectivity index (χ2v) is 11.7. The molecular formula is C37H44N2O9. The van der Waals surface area contributed by atoms with Gasteiger partial charge in [-0.2, -0.15) is 0 Å². The second kappa shape index (κ2) is 17.2. The van der Waals surface area contributed by atoms with Gasteiger partial charge in [-0.3, -0.25) is 14.6 Å². The Balaban J connectivity index is 1.80. The standard InChI is InChI=1S/C37H44N2O9/c1-23-11-10-15-27(40)14-7-5-6-12-24-19-29(41)34(35(43)33(24)37(44)48-23)28(22-32(42)39-18-16-26-13-8-9-17-38-26)25-20-30(45-2)36(47-4)31(21-25)46-3/h6,8-9,12-13,17,19-21,23,28,41,43H,5,7,10-11,14-16,18,22H2,1-4H3,(H,39,42)/b12-6+/t23-,28?/m0/s1. The van der Waals surface area contributed by atoms with E-state index in [0.29, 0.717) is 74.3 Å². The molecule has 0 spiro atoms. The number of rotatable bonds is 10. The first kappa shape index (κ1) is 35.8. The molecule has 2 heterocycles. The van der Waals surface area contributed by atoms with Gasteiger partial charge in [0.15, 0.2) is 11.5 Å². The highest BCUT2D eigenvalue weighted by Gasteiger charge is 2.32. The Labute approximate surface area is 280 Å². The molecule has 0 radical (unpaired) electrons. The number of ether oxygens (including phenoxy) is 4. The molecular weight excluding hydrogens is 616 g/mol. The number of pyridine rings is 1. The zero-order chi connectivity index (χ0) is 34.6. The number of nitrogens with one attached hydrogen (secondary N) is 1. The maximum atomic E-state index is 13.7. The van der Waals surface area contributed by atoms with E-state index in [-0.39, 0.29) is 40.6 Å². The molecule has 48 heavy (non-hydrogen) atoms. The molecule has 3 aromatic rings. The van der Waals surface area contributed by atoms with Gasteiger partial charge in [0.2, 0.25) is 11.7 Å². The van der Waals surface area contributed by atoms with Gasteiger partial charge in [-0.05, 0) is 74.1 Å². The van der Waals surface area contributed by atoms with Crippen molar-refractivity contribution in [2.75, 3.05) is 27.9 Å². The van der Waals surface area contributed by atoms with Crippen LogP contribution in [0.15, 0.2) is 48.7 Å². The summed E-state index contributed by atoms with van der Waals surface area (Å²) in [6, 6.07) is 10.2. The zero-order valence-electron chi connectivity index (χ0n) is 27.9. The summed E-state index contributed by atoms with van der Waals surface area (Å²) in [6.45, 7) is 2.04. The summed E-state index contributed by atoms with van der Waals surface area (Å²) in [5.74, 6) is -1.85. The van der Waals surface area contributed by atoms with Crippen LogP contribution in [0.1, 0.15) is 90.5 Å². The van der Waals surface area contributed by atoms with Gasteiger partial charge in [-0.25, -0.2) is 4.79 Å². The Morgan fingerprint density at radius 1 is 1.04 bits per heavy atom. The van der Waals surface area contributed by atoms with Crippen LogP contribution in [0.2, 0.25) is 0 Å². The topological polar surface area (TPSA) is 154 Å². The van der Waals surface area contributed by atoms with E-state index in [1.807, 2.05) is 18.2 Å². The largest absolute Gasteiger partial charge is 0.507 e. The van der Waals surface area contributed by atoms with Gasteiger partial charge in [-0.1, -0.05) is 18.2 Å². The number of Topliss-reactive ketones (excluding diaryl/α,β-unsaturated/α-hetero) is 1. The molecule has 2 atom stereocenters. The van der Waals surface area contributed by atoms with Crippen LogP contribution < -0.4 is 19.5 Å². The van der Waals surface area contributed by atoms with E-state index in [0.717, 1.165) is 5.69 Å². The average Bonchev–Trinajstić information content (AvgIpc) is 3.06. The summed E-state index contributed by atoms with van der Waals surface area (Å²) in [5, 5.41) is 26.3. The number of phenols is 2. The third-order valence-corrected chi connectivity index (χ3v) is 8.31. The van der Waals surface area contributed by atoms with Crippen LogP contribution in [0, 0.1) is 0 Å². The predicted octanol–water partition coefficient (Wildman–Crippen LogP) is 5.88. The number of carbonyl (C=O) groups is 3. The molecule has 3 N–H and O–H groups in total. The number of esters is 1. The first-order chi connectivity index (χ1) is 23.2. The fourth-order valence-corrected chi connectivity index (χ4v) is 5.84. The van der Waals surface area contributed by atoms with Crippen molar-refractivity contribution in [3.63, 3.8) is 0 Å². The van der Waals surface area contributed by atoms with Crippen molar-refractivity contribution in [3.8, 4) is 28.7 Å². The number of ketones is 1. The first-order valence-electron chi connectivity index (χ1n) is 16.1. The molecule has 0 bridgehead atoms. The summed E-state index contributed by atoms with van der Waals surface area (Å²) in [7, 11) is 4.39. The molecule has 11 heteroatoms. The van der Waals surface area contributed by atoms with E-state index in [4.69, 9.17) is 18.9 Å². The van der Waals surface area contributed by atoms with Gasteiger partial charge in [-0.15, -0.1) is 0 Å². The molecule has 0 fully saturated rings. The summed E-state index contributed by atoms with van der Waals surface area (Å²) < 4.78 is 22.4. The Hall–Kier alpha value is -5.06. The lowest BCUT2D eigenvalue weighted by Crippen LogP contribution is -2.28. The van der Waals surface area contributed by atoms with Crippen LogP contribution in [0.25, 0.3) is 6.08 Å². The van der Waals surface area contributed by atoms with Gasteiger partial charge < -0.3 is 34.5 Å². The Morgan fingerprint density at radius 3 is 2.44 bits per heavy atom. The van der Waals surface area contributed by atoms with Crippen LogP contribution in [-0.2, 0) is 20.7 Å². The molecule has 2 aromatic carbocycles. The molecule has 256 valence electrons. The number of allylic oxidation sites excluding steroid dienone is 1. The van der Waals surface area contributed by atoms with Gasteiger partial charge in [0.25, 0.3) is 0 Å². The van der Waals surface area contributed by atoms with E-state index in [2.05, 4.69) is 10.3 Å². The number of aromatic nitrogens is 1. The zero-order valence-corrected chi connectivity index (χ0v) is 27.9.